The van der Waals surface area contributed by atoms with Crippen molar-refractivity contribution >= 4 is 11.4 Å². The van der Waals surface area contributed by atoms with Crippen molar-refractivity contribution in [2.24, 2.45) is 0 Å². The van der Waals surface area contributed by atoms with Gasteiger partial charge in [0.15, 0.2) is 0 Å². The maximum atomic E-state index is 13.0. The number of non-ortho nitro benzene ring substituents is 1. The predicted molar refractivity (Wildman–Crippen MR) is 78.0 cm³/mol. The zero-order chi connectivity index (χ0) is 17.0. The van der Waals surface area contributed by atoms with Crippen LogP contribution in [0.1, 0.15) is 17.2 Å². The average molecular weight is 326 g/mol. The third-order valence-electron chi connectivity index (χ3n) is 3.19. The quantitative estimate of drug-likeness (QED) is 0.648. The number of rotatable bonds is 5. The molecule has 0 aliphatic rings. The summed E-state index contributed by atoms with van der Waals surface area (Å²) in [6.45, 7) is -0.162. The van der Waals surface area contributed by atoms with Gasteiger partial charge in [0.1, 0.15) is 0 Å². The fourth-order valence-corrected chi connectivity index (χ4v) is 2.03. The van der Waals surface area contributed by atoms with Crippen LogP contribution in [0.15, 0.2) is 48.5 Å². The predicted octanol–water partition coefficient (Wildman–Crippen LogP) is 3.76. The Balaban J connectivity index is 2.21. The van der Waals surface area contributed by atoms with Gasteiger partial charge in [-0.15, -0.1) is 0 Å². The standard InChI is InChI=1S/C15H13F3N2O3/c16-15(17,18)12-8-11(20(22)23)6-7-13(12)19-9-14(21)10-4-2-1-3-5-10/h1-8,14,19,21H,9H2. The first-order valence-corrected chi connectivity index (χ1v) is 6.61. The van der Waals surface area contributed by atoms with Gasteiger partial charge in [-0.3, -0.25) is 10.1 Å². The molecule has 8 heteroatoms. The van der Waals surface area contributed by atoms with E-state index in [1.54, 1.807) is 30.3 Å². The summed E-state index contributed by atoms with van der Waals surface area (Å²) in [7, 11) is 0. The summed E-state index contributed by atoms with van der Waals surface area (Å²) < 4.78 is 39.0. The SMILES string of the molecule is O=[N+]([O-])c1ccc(NCC(O)c2ccccc2)c(C(F)(F)F)c1. The fourth-order valence-electron chi connectivity index (χ4n) is 2.03. The highest BCUT2D eigenvalue weighted by Gasteiger charge is 2.35. The summed E-state index contributed by atoms with van der Waals surface area (Å²) in [5, 5.41) is 23.1. The lowest BCUT2D eigenvalue weighted by Crippen LogP contribution is -2.16. The molecule has 0 aromatic heterocycles. The number of alkyl halides is 3. The van der Waals surface area contributed by atoms with Crippen LogP contribution in [-0.4, -0.2) is 16.6 Å². The Morgan fingerprint density at radius 2 is 1.83 bits per heavy atom. The summed E-state index contributed by atoms with van der Waals surface area (Å²) in [5.41, 5.74) is -1.56. The molecule has 0 fully saturated rings. The largest absolute Gasteiger partial charge is 0.418 e. The highest BCUT2D eigenvalue weighted by atomic mass is 19.4. The monoisotopic (exact) mass is 326 g/mol. The van der Waals surface area contributed by atoms with Crippen molar-refractivity contribution in [2.75, 3.05) is 11.9 Å². The highest BCUT2D eigenvalue weighted by molar-refractivity contribution is 5.57. The molecule has 2 aromatic carbocycles. The Kier molecular flexibility index (Phi) is 4.85. The molecule has 1 unspecified atom stereocenters. The molecular formula is C15H13F3N2O3. The van der Waals surface area contributed by atoms with E-state index in [-0.39, 0.29) is 12.2 Å². The van der Waals surface area contributed by atoms with Gasteiger partial charge < -0.3 is 10.4 Å². The molecule has 0 radical (unpaired) electrons. The number of halogens is 3. The van der Waals surface area contributed by atoms with Gasteiger partial charge in [-0.05, 0) is 11.6 Å². The number of benzene rings is 2. The van der Waals surface area contributed by atoms with Crippen molar-refractivity contribution in [1.82, 2.24) is 0 Å². The topological polar surface area (TPSA) is 75.4 Å². The molecule has 2 rings (SSSR count). The Morgan fingerprint density at radius 1 is 1.17 bits per heavy atom. The number of aliphatic hydroxyl groups excluding tert-OH is 1. The normalized spacial score (nSPS) is 12.7. The molecule has 0 aliphatic heterocycles. The Labute approximate surface area is 129 Å². The molecule has 23 heavy (non-hydrogen) atoms. The van der Waals surface area contributed by atoms with Crippen molar-refractivity contribution in [3.63, 3.8) is 0 Å². The van der Waals surface area contributed by atoms with Gasteiger partial charge in [0.05, 0.1) is 16.6 Å². The Hall–Kier alpha value is -2.61. The number of hydrogen-bond donors (Lipinski definition) is 2. The number of hydrogen-bond acceptors (Lipinski definition) is 4. The number of nitro benzene ring substituents is 1. The minimum absolute atomic E-state index is 0.162. The Bertz CT molecular complexity index is 690. The first-order valence-electron chi connectivity index (χ1n) is 6.61. The number of nitrogens with zero attached hydrogens (tertiary/aromatic N) is 1. The fraction of sp³-hybridized carbons (Fsp3) is 0.200. The van der Waals surface area contributed by atoms with E-state index in [1.807, 2.05) is 0 Å². The van der Waals surface area contributed by atoms with Crippen molar-refractivity contribution in [2.45, 2.75) is 12.3 Å². The second kappa shape index (κ2) is 6.66. The van der Waals surface area contributed by atoms with Gasteiger partial charge in [0.2, 0.25) is 0 Å². The molecule has 0 aliphatic carbocycles. The van der Waals surface area contributed by atoms with E-state index in [9.17, 15) is 28.4 Å². The third-order valence-corrected chi connectivity index (χ3v) is 3.19. The molecule has 0 heterocycles. The van der Waals surface area contributed by atoms with E-state index >= 15 is 0 Å². The zero-order valence-corrected chi connectivity index (χ0v) is 11.7. The molecule has 0 saturated carbocycles. The number of aliphatic hydroxyl groups is 1. The lowest BCUT2D eigenvalue weighted by molar-refractivity contribution is -0.385. The first kappa shape index (κ1) is 16.8. The number of nitro groups is 1. The molecule has 0 saturated heterocycles. The Morgan fingerprint density at radius 3 is 2.39 bits per heavy atom. The minimum atomic E-state index is -4.74. The molecule has 2 N–H and O–H groups in total. The van der Waals surface area contributed by atoms with Gasteiger partial charge in [-0.1, -0.05) is 30.3 Å². The van der Waals surface area contributed by atoms with Gasteiger partial charge >= 0.3 is 6.18 Å². The van der Waals surface area contributed by atoms with Gasteiger partial charge in [-0.2, -0.15) is 13.2 Å². The third kappa shape index (κ3) is 4.19. The van der Waals surface area contributed by atoms with Crippen LogP contribution in [0.5, 0.6) is 0 Å². The van der Waals surface area contributed by atoms with E-state index < -0.39 is 28.5 Å². The van der Waals surface area contributed by atoms with Gasteiger partial charge in [-0.25, -0.2) is 0 Å². The van der Waals surface area contributed by atoms with Gasteiger partial charge in [0, 0.05) is 24.4 Å². The summed E-state index contributed by atoms with van der Waals surface area (Å²) in [4.78, 5) is 9.73. The maximum absolute atomic E-state index is 13.0. The number of nitrogens with one attached hydrogen (secondary N) is 1. The summed E-state index contributed by atoms with van der Waals surface area (Å²) in [6, 6.07) is 10.9. The van der Waals surface area contributed by atoms with E-state index in [0.717, 1.165) is 12.1 Å². The summed E-state index contributed by atoms with van der Waals surface area (Å²) in [6.07, 6.45) is -5.75. The van der Waals surface area contributed by atoms with Crippen LogP contribution in [0.3, 0.4) is 0 Å². The van der Waals surface area contributed by atoms with Crippen LogP contribution in [0.2, 0.25) is 0 Å². The summed E-state index contributed by atoms with van der Waals surface area (Å²) >= 11 is 0. The van der Waals surface area contributed by atoms with Crippen molar-refractivity contribution in [3.8, 4) is 0 Å². The molecular weight excluding hydrogens is 313 g/mol. The highest BCUT2D eigenvalue weighted by Crippen LogP contribution is 2.37. The average Bonchev–Trinajstić information content (AvgIpc) is 2.52. The molecule has 0 amide bonds. The van der Waals surface area contributed by atoms with Crippen LogP contribution < -0.4 is 5.32 Å². The molecule has 1 atom stereocenters. The van der Waals surface area contributed by atoms with Crippen molar-refractivity contribution in [1.29, 1.82) is 0 Å². The zero-order valence-electron chi connectivity index (χ0n) is 11.7. The number of anilines is 1. The van der Waals surface area contributed by atoms with Crippen molar-refractivity contribution in [3.05, 3.63) is 69.8 Å². The smallest absolute Gasteiger partial charge is 0.387 e. The summed E-state index contributed by atoms with van der Waals surface area (Å²) in [5.74, 6) is 0. The van der Waals surface area contributed by atoms with E-state index in [0.29, 0.717) is 11.6 Å². The van der Waals surface area contributed by atoms with E-state index in [4.69, 9.17) is 0 Å². The van der Waals surface area contributed by atoms with E-state index in [2.05, 4.69) is 5.32 Å². The lowest BCUT2D eigenvalue weighted by Gasteiger charge is -2.17. The van der Waals surface area contributed by atoms with Crippen LogP contribution >= 0.6 is 0 Å². The molecule has 0 spiro atoms. The van der Waals surface area contributed by atoms with Crippen LogP contribution in [0.4, 0.5) is 24.5 Å². The molecule has 0 bridgehead atoms. The first-order chi connectivity index (χ1) is 10.8. The lowest BCUT2D eigenvalue weighted by atomic mass is 10.1. The minimum Gasteiger partial charge on any atom is -0.387 e. The van der Waals surface area contributed by atoms with Crippen molar-refractivity contribution < 1.29 is 23.2 Å². The van der Waals surface area contributed by atoms with Crippen LogP contribution in [-0.2, 0) is 6.18 Å². The van der Waals surface area contributed by atoms with Gasteiger partial charge in [0.25, 0.3) is 5.69 Å². The second-order valence-electron chi connectivity index (χ2n) is 4.79. The van der Waals surface area contributed by atoms with Crippen LogP contribution in [0.25, 0.3) is 0 Å². The second-order valence-corrected chi connectivity index (χ2v) is 4.79. The van der Waals surface area contributed by atoms with Crippen LogP contribution in [0, 0.1) is 10.1 Å². The van der Waals surface area contributed by atoms with E-state index in [1.165, 1.54) is 0 Å². The molecule has 122 valence electrons. The molecule has 2 aromatic rings. The maximum Gasteiger partial charge on any atom is 0.418 e. The molecule has 5 nitrogen and oxygen atoms in total.